The van der Waals surface area contributed by atoms with Gasteiger partial charge in [-0.25, -0.2) is 0 Å². The van der Waals surface area contributed by atoms with Crippen LogP contribution in [-0.2, 0) is 11.2 Å². The molecule has 0 saturated carbocycles. The highest BCUT2D eigenvalue weighted by Gasteiger charge is 2.11. The van der Waals surface area contributed by atoms with Gasteiger partial charge in [-0.05, 0) is 31.4 Å². The fraction of sp³-hybridized carbons (Fsp3) is 0.737. The number of nitrogens with one attached hydrogen (secondary N) is 2. The van der Waals surface area contributed by atoms with Gasteiger partial charge in [-0.15, -0.1) is 24.0 Å². The summed E-state index contributed by atoms with van der Waals surface area (Å²) in [5.41, 5.74) is 0. The average Bonchev–Trinajstić information content (AvgIpc) is 3.12. The molecule has 0 spiro atoms. The van der Waals surface area contributed by atoms with Crippen LogP contribution in [0.25, 0.3) is 0 Å². The number of hydrogen-bond donors (Lipinski definition) is 2. The topological polar surface area (TPSA) is 62.0 Å². The van der Waals surface area contributed by atoms with Crippen molar-refractivity contribution in [1.29, 1.82) is 0 Å². The van der Waals surface area contributed by atoms with Crippen molar-refractivity contribution in [3.05, 3.63) is 24.2 Å². The molecule has 1 aromatic rings. The lowest BCUT2D eigenvalue weighted by atomic mass is 10.1. The second kappa shape index (κ2) is 13.4. The van der Waals surface area contributed by atoms with E-state index in [1.807, 2.05) is 12.1 Å². The van der Waals surface area contributed by atoms with E-state index in [1.165, 1.54) is 0 Å². The van der Waals surface area contributed by atoms with Crippen LogP contribution < -0.4 is 10.6 Å². The normalized spacial score (nSPS) is 17.0. The highest BCUT2D eigenvalue weighted by atomic mass is 127. The zero-order chi connectivity index (χ0) is 17.9. The Bertz CT molecular complexity index is 488. The van der Waals surface area contributed by atoms with Crippen molar-refractivity contribution in [2.75, 3.05) is 45.9 Å². The smallest absolute Gasteiger partial charge is 0.191 e. The van der Waals surface area contributed by atoms with Crippen LogP contribution in [0.15, 0.2) is 27.8 Å². The standard InChI is InChI=1S/C19H34N4O2.HI/c1-16(2)17(3)22-19(21-9-7-18-6-4-13-25-18)20-8-5-10-23-11-14-24-15-12-23;/h4,6,13,16-17H,5,7-12,14-15H2,1-3H3,(H2,20,21,22);1H. The lowest BCUT2D eigenvalue weighted by molar-refractivity contribution is 0.0377. The number of furan rings is 1. The van der Waals surface area contributed by atoms with Gasteiger partial charge in [0.1, 0.15) is 5.76 Å². The highest BCUT2D eigenvalue weighted by molar-refractivity contribution is 14.0. The Morgan fingerprint density at radius 1 is 1.27 bits per heavy atom. The molecule has 1 fully saturated rings. The summed E-state index contributed by atoms with van der Waals surface area (Å²) in [5.74, 6) is 2.45. The number of nitrogens with zero attached hydrogens (tertiary/aromatic N) is 2. The molecule has 6 nitrogen and oxygen atoms in total. The summed E-state index contributed by atoms with van der Waals surface area (Å²) in [6, 6.07) is 4.31. The second-order valence-corrected chi connectivity index (χ2v) is 6.97. The van der Waals surface area contributed by atoms with Crippen molar-refractivity contribution in [3.63, 3.8) is 0 Å². The van der Waals surface area contributed by atoms with Gasteiger partial charge >= 0.3 is 0 Å². The average molecular weight is 478 g/mol. The van der Waals surface area contributed by atoms with Crippen LogP contribution >= 0.6 is 24.0 Å². The van der Waals surface area contributed by atoms with E-state index in [2.05, 4.69) is 36.3 Å². The van der Waals surface area contributed by atoms with Crippen LogP contribution in [0.2, 0.25) is 0 Å². The molecule has 0 aromatic carbocycles. The third kappa shape index (κ3) is 9.23. The molecule has 1 unspecified atom stereocenters. The van der Waals surface area contributed by atoms with E-state index in [-0.39, 0.29) is 24.0 Å². The van der Waals surface area contributed by atoms with Crippen molar-refractivity contribution < 1.29 is 9.15 Å². The monoisotopic (exact) mass is 478 g/mol. The zero-order valence-corrected chi connectivity index (χ0v) is 18.7. The van der Waals surface area contributed by atoms with E-state index >= 15 is 0 Å². The van der Waals surface area contributed by atoms with Crippen molar-refractivity contribution >= 4 is 29.9 Å². The first-order valence-electron chi connectivity index (χ1n) is 9.52. The third-order valence-corrected chi connectivity index (χ3v) is 4.61. The number of rotatable bonds is 9. The molecule has 0 radical (unpaired) electrons. The molecule has 150 valence electrons. The van der Waals surface area contributed by atoms with Crippen molar-refractivity contribution in [1.82, 2.24) is 15.5 Å². The SMILES string of the molecule is CC(C)C(C)NC(=NCCCN1CCOCC1)NCCc1ccco1.I. The lowest BCUT2D eigenvalue weighted by Gasteiger charge is -2.26. The molecule has 0 bridgehead atoms. The molecule has 1 saturated heterocycles. The summed E-state index contributed by atoms with van der Waals surface area (Å²) >= 11 is 0. The lowest BCUT2D eigenvalue weighted by Crippen LogP contribution is -2.45. The zero-order valence-electron chi connectivity index (χ0n) is 16.4. The molecule has 2 heterocycles. The Balaban J connectivity index is 0.00000338. The number of aliphatic imine (C=N–C) groups is 1. The van der Waals surface area contributed by atoms with E-state index in [0.29, 0.717) is 12.0 Å². The van der Waals surface area contributed by atoms with Gasteiger partial charge in [-0.2, -0.15) is 0 Å². The second-order valence-electron chi connectivity index (χ2n) is 6.97. The summed E-state index contributed by atoms with van der Waals surface area (Å²) in [6.07, 6.45) is 3.65. The van der Waals surface area contributed by atoms with Gasteiger partial charge in [0.15, 0.2) is 5.96 Å². The number of halogens is 1. The highest BCUT2D eigenvalue weighted by Crippen LogP contribution is 2.02. The molecule has 1 aromatic heterocycles. The molecular formula is C19H35IN4O2. The molecule has 26 heavy (non-hydrogen) atoms. The first-order chi connectivity index (χ1) is 12.1. The van der Waals surface area contributed by atoms with Crippen molar-refractivity contribution in [3.8, 4) is 0 Å². The molecule has 2 rings (SSSR count). The number of guanidine groups is 1. The molecule has 2 N–H and O–H groups in total. The van der Waals surface area contributed by atoms with Gasteiger partial charge < -0.3 is 19.8 Å². The summed E-state index contributed by atoms with van der Waals surface area (Å²) in [4.78, 5) is 7.21. The fourth-order valence-electron chi connectivity index (χ4n) is 2.60. The molecule has 0 aliphatic carbocycles. The van der Waals surface area contributed by atoms with Crippen LogP contribution in [0.5, 0.6) is 0 Å². The van der Waals surface area contributed by atoms with E-state index in [0.717, 1.165) is 70.5 Å². The molecule has 0 amide bonds. The summed E-state index contributed by atoms with van der Waals surface area (Å²) in [6.45, 7) is 13.2. The first kappa shape index (κ1) is 23.2. The van der Waals surface area contributed by atoms with Crippen LogP contribution in [0, 0.1) is 5.92 Å². The molecule has 1 aliphatic heterocycles. The third-order valence-electron chi connectivity index (χ3n) is 4.61. The van der Waals surface area contributed by atoms with E-state index < -0.39 is 0 Å². The van der Waals surface area contributed by atoms with E-state index in [1.54, 1.807) is 6.26 Å². The Morgan fingerprint density at radius 2 is 2.04 bits per heavy atom. The maximum atomic E-state index is 5.39. The first-order valence-corrected chi connectivity index (χ1v) is 9.52. The molecule has 7 heteroatoms. The van der Waals surface area contributed by atoms with Gasteiger partial charge in [0.05, 0.1) is 19.5 Å². The fourth-order valence-corrected chi connectivity index (χ4v) is 2.60. The molecule has 1 atom stereocenters. The van der Waals surface area contributed by atoms with E-state index in [9.17, 15) is 0 Å². The minimum Gasteiger partial charge on any atom is -0.469 e. The van der Waals surface area contributed by atoms with Gasteiger partial charge in [-0.1, -0.05) is 13.8 Å². The predicted octanol–water partition coefficient (Wildman–Crippen LogP) is 2.74. The number of ether oxygens (including phenoxy) is 1. The maximum Gasteiger partial charge on any atom is 0.191 e. The summed E-state index contributed by atoms with van der Waals surface area (Å²) in [5, 5.41) is 6.94. The van der Waals surface area contributed by atoms with Gasteiger partial charge in [0, 0.05) is 45.2 Å². The minimum atomic E-state index is 0. The quantitative estimate of drug-likeness (QED) is 0.248. The minimum absolute atomic E-state index is 0. The van der Waals surface area contributed by atoms with Gasteiger partial charge in [-0.3, -0.25) is 9.89 Å². The van der Waals surface area contributed by atoms with Gasteiger partial charge in [0.25, 0.3) is 0 Å². The Hall–Kier alpha value is -0.800. The van der Waals surface area contributed by atoms with Crippen molar-refractivity contribution in [2.24, 2.45) is 10.9 Å². The Labute approximate surface area is 175 Å². The Morgan fingerprint density at radius 3 is 2.69 bits per heavy atom. The predicted molar refractivity (Wildman–Crippen MR) is 117 cm³/mol. The van der Waals surface area contributed by atoms with Crippen molar-refractivity contribution in [2.45, 2.75) is 39.7 Å². The Kier molecular flexibility index (Phi) is 12.0. The van der Waals surface area contributed by atoms with Crippen LogP contribution in [0.1, 0.15) is 33.0 Å². The molecular weight excluding hydrogens is 443 g/mol. The number of hydrogen-bond acceptors (Lipinski definition) is 4. The maximum absolute atomic E-state index is 5.39. The number of morpholine rings is 1. The van der Waals surface area contributed by atoms with E-state index in [4.69, 9.17) is 14.1 Å². The van der Waals surface area contributed by atoms with Gasteiger partial charge in [0.2, 0.25) is 0 Å². The van der Waals surface area contributed by atoms with Crippen LogP contribution in [0.4, 0.5) is 0 Å². The summed E-state index contributed by atoms with van der Waals surface area (Å²) < 4.78 is 10.8. The van der Waals surface area contributed by atoms with Crippen LogP contribution in [0.3, 0.4) is 0 Å². The molecule has 1 aliphatic rings. The largest absolute Gasteiger partial charge is 0.469 e. The van der Waals surface area contributed by atoms with Crippen LogP contribution in [-0.4, -0.2) is 62.8 Å². The summed E-state index contributed by atoms with van der Waals surface area (Å²) in [7, 11) is 0.